The van der Waals surface area contributed by atoms with Crippen LogP contribution in [0.2, 0.25) is 10.0 Å². The standard InChI is InChI=1S/C23H26Cl2N6/c1-16-13-17(2)28-23(27-16)31-18(3)19(15-26-31)5-4-8-29-9-11-30(12-10-29)22-7-6-20(24)14-21(22)25/h4-7,13-15H,8-12H2,1-3H3. The van der Waals surface area contributed by atoms with E-state index in [-0.39, 0.29) is 0 Å². The summed E-state index contributed by atoms with van der Waals surface area (Å²) in [6.07, 6.45) is 6.19. The lowest BCUT2D eigenvalue weighted by molar-refractivity contribution is 0.284. The summed E-state index contributed by atoms with van der Waals surface area (Å²) in [6, 6.07) is 7.66. The highest BCUT2D eigenvalue weighted by Crippen LogP contribution is 2.29. The van der Waals surface area contributed by atoms with E-state index in [0.717, 1.165) is 61.1 Å². The Morgan fingerprint density at radius 1 is 0.968 bits per heavy atom. The Labute approximate surface area is 193 Å². The molecule has 4 rings (SSSR count). The van der Waals surface area contributed by atoms with Crippen molar-refractivity contribution < 1.29 is 0 Å². The molecule has 1 aliphatic heterocycles. The van der Waals surface area contributed by atoms with E-state index >= 15 is 0 Å². The number of rotatable bonds is 5. The van der Waals surface area contributed by atoms with Gasteiger partial charge in [0.15, 0.2) is 0 Å². The molecule has 0 amide bonds. The number of piperazine rings is 1. The van der Waals surface area contributed by atoms with Crippen molar-refractivity contribution in [1.82, 2.24) is 24.6 Å². The van der Waals surface area contributed by atoms with Crippen LogP contribution in [0.5, 0.6) is 0 Å². The first-order chi connectivity index (χ1) is 14.9. The summed E-state index contributed by atoms with van der Waals surface area (Å²) in [5.74, 6) is 0.617. The smallest absolute Gasteiger partial charge is 0.251 e. The Morgan fingerprint density at radius 2 is 1.68 bits per heavy atom. The van der Waals surface area contributed by atoms with Crippen molar-refractivity contribution in [3.05, 3.63) is 69.2 Å². The minimum Gasteiger partial charge on any atom is -0.368 e. The Kier molecular flexibility index (Phi) is 6.60. The van der Waals surface area contributed by atoms with E-state index in [1.807, 2.05) is 45.2 Å². The molecule has 1 saturated heterocycles. The van der Waals surface area contributed by atoms with Gasteiger partial charge in [0.1, 0.15) is 0 Å². The largest absolute Gasteiger partial charge is 0.368 e. The molecule has 0 bridgehead atoms. The van der Waals surface area contributed by atoms with Gasteiger partial charge in [-0.05, 0) is 45.0 Å². The Bertz CT molecular complexity index is 1080. The fourth-order valence-electron chi connectivity index (χ4n) is 3.83. The zero-order chi connectivity index (χ0) is 22.0. The van der Waals surface area contributed by atoms with E-state index in [1.165, 1.54) is 0 Å². The topological polar surface area (TPSA) is 50.1 Å². The van der Waals surface area contributed by atoms with Crippen LogP contribution in [-0.4, -0.2) is 57.4 Å². The molecule has 31 heavy (non-hydrogen) atoms. The van der Waals surface area contributed by atoms with Crippen molar-refractivity contribution >= 4 is 35.0 Å². The predicted molar refractivity (Wildman–Crippen MR) is 128 cm³/mol. The molecule has 0 saturated carbocycles. The van der Waals surface area contributed by atoms with E-state index in [2.05, 4.69) is 37.0 Å². The lowest BCUT2D eigenvalue weighted by Crippen LogP contribution is -2.46. The summed E-state index contributed by atoms with van der Waals surface area (Å²) in [5.41, 5.74) is 5.04. The molecule has 0 N–H and O–H groups in total. The van der Waals surface area contributed by atoms with Crippen LogP contribution in [0.3, 0.4) is 0 Å². The van der Waals surface area contributed by atoms with E-state index in [1.54, 1.807) is 10.7 Å². The molecule has 0 radical (unpaired) electrons. The Balaban J connectivity index is 1.35. The fraction of sp³-hybridized carbons (Fsp3) is 0.348. The number of hydrogen-bond acceptors (Lipinski definition) is 5. The van der Waals surface area contributed by atoms with Gasteiger partial charge in [-0.2, -0.15) is 5.10 Å². The van der Waals surface area contributed by atoms with Gasteiger partial charge >= 0.3 is 0 Å². The van der Waals surface area contributed by atoms with Crippen LogP contribution in [0.15, 0.2) is 36.5 Å². The number of aromatic nitrogens is 4. The van der Waals surface area contributed by atoms with E-state index in [4.69, 9.17) is 23.2 Å². The van der Waals surface area contributed by atoms with Crippen LogP contribution in [0.4, 0.5) is 5.69 Å². The Morgan fingerprint density at radius 3 is 2.35 bits per heavy atom. The maximum atomic E-state index is 6.36. The number of nitrogens with zero attached hydrogens (tertiary/aromatic N) is 6. The van der Waals surface area contributed by atoms with Crippen LogP contribution in [0, 0.1) is 20.8 Å². The van der Waals surface area contributed by atoms with Gasteiger partial charge in [-0.1, -0.05) is 35.4 Å². The van der Waals surface area contributed by atoms with Crippen LogP contribution in [0.1, 0.15) is 22.6 Å². The van der Waals surface area contributed by atoms with Crippen LogP contribution in [0.25, 0.3) is 12.0 Å². The van der Waals surface area contributed by atoms with Gasteiger partial charge in [0, 0.05) is 54.7 Å². The van der Waals surface area contributed by atoms with Gasteiger partial charge in [0.2, 0.25) is 0 Å². The van der Waals surface area contributed by atoms with Gasteiger partial charge in [0.25, 0.3) is 5.95 Å². The molecule has 162 valence electrons. The molecule has 0 unspecified atom stereocenters. The maximum Gasteiger partial charge on any atom is 0.251 e. The molecule has 6 nitrogen and oxygen atoms in total. The summed E-state index contributed by atoms with van der Waals surface area (Å²) in [6.45, 7) is 10.7. The zero-order valence-corrected chi connectivity index (χ0v) is 19.5. The minimum absolute atomic E-state index is 0.617. The molecular formula is C23H26Cl2N6. The van der Waals surface area contributed by atoms with Crippen molar-refractivity contribution in [2.75, 3.05) is 37.6 Å². The molecule has 8 heteroatoms. The second-order valence-corrected chi connectivity index (χ2v) is 8.68. The molecule has 0 spiro atoms. The molecule has 1 aliphatic rings. The molecule has 0 aliphatic carbocycles. The number of aryl methyl sites for hydroxylation is 2. The van der Waals surface area contributed by atoms with Crippen LogP contribution >= 0.6 is 23.2 Å². The third-order valence-corrected chi connectivity index (χ3v) is 6.03. The molecular weight excluding hydrogens is 431 g/mol. The van der Waals surface area contributed by atoms with Crippen LogP contribution in [-0.2, 0) is 0 Å². The van der Waals surface area contributed by atoms with Crippen molar-refractivity contribution in [2.24, 2.45) is 0 Å². The molecule has 1 fully saturated rings. The summed E-state index contributed by atoms with van der Waals surface area (Å²) in [5, 5.41) is 5.87. The predicted octanol–water partition coefficient (Wildman–Crippen LogP) is 4.73. The number of anilines is 1. The second-order valence-electron chi connectivity index (χ2n) is 7.83. The van der Waals surface area contributed by atoms with Gasteiger partial charge in [-0.15, -0.1) is 0 Å². The van der Waals surface area contributed by atoms with Crippen molar-refractivity contribution in [3.8, 4) is 5.95 Å². The highest BCUT2D eigenvalue weighted by Gasteiger charge is 2.18. The number of hydrogen-bond donors (Lipinski definition) is 0. The second kappa shape index (κ2) is 9.39. The first-order valence-corrected chi connectivity index (χ1v) is 11.1. The minimum atomic E-state index is 0.617. The quantitative estimate of drug-likeness (QED) is 0.555. The zero-order valence-electron chi connectivity index (χ0n) is 18.0. The van der Waals surface area contributed by atoms with Gasteiger partial charge in [-0.3, -0.25) is 4.90 Å². The fourth-order valence-corrected chi connectivity index (χ4v) is 4.36. The average Bonchev–Trinajstić information content (AvgIpc) is 3.08. The third-order valence-electron chi connectivity index (χ3n) is 5.49. The summed E-state index contributed by atoms with van der Waals surface area (Å²) < 4.78 is 1.80. The third kappa shape index (κ3) is 5.09. The summed E-state index contributed by atoms with van der Waals surface area (Å²) >= 11 is 12.4. The molecule has 3 heterocycles. The molecule has 1 aromatic carbocycles. The lowest BCUT2D eigenvalue weighted by atomic mass is 10.2. The SMILES string of the molecule is Cc1cc(C)nc(-n2ncc(C=CCN3CCN(c4ccc(Cl)cc4Cl)CC3)c2C)n1. The summed E-state index contributed by atoms with van der Waals surface area (Å²) in [7, 11) is 0. The first kappa shape index (κ1) is 21.8. The van der Waals surface area contributed by atoms with Crippen molar-refractivity contribution in [2.45, 2.75) is 20.8 Å². The lowest BCUT2D eigenvalue weighted by Gasteiger charge is -2.36. The van der Waals surface area contributed by atoms with Crippen molar-refractivity contribution in [3.63, 3.8) is 0 Å². The molecule has 2 aromatic heterocycles. The Hall–Kier alpha value is -2.41. The average molecular weight is 457 g/mol. The normalized spacial score (nSPS) is 15.2. The molecule has 3 aromatic rings. The number of halogens is 2. The maximum absolute atomic E-state index is 6.36. The van der Waals surface area contributed by atoms with Crippen molar-refractivity contribution in [1.29, 1.82) is 0 Å². The van der Waals surface area contributed by atoms with Crippen LogP contribution < -0.4 is 4.90 Å². The van der Waals surface area contributed by atoms with E-state index in [0.29, 0.717) is 16.0 Å². The molecule has 0 atom stereocenters. The number of benzene rings is 1. The monoisotopic (exact) mass is 456 g/mol. The first-order valence-electron chi connectivity index (χ1n) is 10.4. The van der Waals surface area contributed by atoms with Gasteiger partial charge < -0.3 is 4.90 Å². The highest BCUT2D eigenvalue weighted by molar-refractivity contribution is 6.36. The summed E-state index contributed by atoms with van der Waals surface area (Å²) in [4.78, 5) is 13.8. The van der Waals surface area contributed by atoms with Gasteiger partial charge in [0.05, 0.1) is 22.6 Å². The highest BCUT2D eigenvalue weighted by atomic mass is 35.5. The van der Waals surface area contributed by atoms with E-state index in [9.17, 15) is 0 Å². The van der Waals surface area contributed by atoms with E-state index < -0.39 is 0 Å². The van der Waals surface area contributed by atoms with Gasteiger partial charge in [-0.25, -0.2) is 14.6 Å².